The molecule has 35 heavy (non-hydrogen) atoms. The zero-order valence-corrected chi connectivity index (χ0v) is 22.0. The Labute approximate surface area is 213 Å². The summed E-state index contributed by atoms with van der Waals surface area (Å²) in [5.74, 6) is 1.18. The molecular formula is C26H30BrN5O3. The summed E-state index contributed by atoms with van der Waals surface area (Å²) in [6.07, 6.45) is -0.434. The third-order valence-corrected chi connectivity index (χ3v) is 5.88. The van der Waals surface area contributed by atoms with Crippen molar-refractivity contribution in [1.82, 2.24) is 19.9 Å². The summed E-state index contributed by atoms with van der Waals surface area (Å²) in [6.45, 7) is 9.43. The largest absolute Gasteiger partial charge is 0.445 e. The van der Waals surface area contributed by atoms with Crippen LogP contribution in [0.1, 0.15) is 44.6 Å². The second-order valence-electron chi connectivity index (χ2n) is 9.37. The van der Waals surface area contributed by atoms with Gasteiger partial charge in [-0.2, -0.15) is 0 Å². The van der Waals surface area contributed by atoms with Crippen molar-refractivity contribution < 1.29 is 14.3 Å². The first-order valence-electron chi connectivity index (χ1n) is 11.5. The Morgan fingerprint density at radius 1 is 1.09 bits per heavy atom. The third-order valence-electron chi connectivity index (χ3n) is 5.39. The average Bonchev–Trinajstić information content (AvgIpc) is 3.15. The summed E-state index contributed by atoms with van der Waals surface area (Å²) >= 11 is 3.52. The molecule has 0 saturated carbocycles. The minimum atomic E-state index is -0.434. The molecule has 1 amide bonds. The van der Waals surface area contributed by atoms with Crippen LogP contribution in [0.4, 0.5) is 10.6 Å². The molecule has 0 spiro atoms. The first-order chi connectivity index (χ1) is 16.6. The number of alkyl carbamates (subject to hydrolysis) is 1. The number of halogens is 1. The van der Waals surface area contributed by atoms with Gasteiger partial charge < -0.3 is 25.1 Å². The van der Waals surface area contributed by atoms with E-state index < -0.39 is 6.09 Å². The van der Waals surface area contributed by atoms with E-state index in [1.807, 2.05) is 70.2 Å². The van der Waals surface area contributed by atoms with Gasteiger partial charge in [0.05, 0.1) is 11.0 Å². The van der Waals surface area contributed by atoms with Gasteiger partial charge in [-0.25, -0.2) is 14.8 Å². The predicted octanol–water partition coefficient (Wildman–Crippen LogP) is 5.54. The molecule has 184 valence electrons. The number of fused-ring (bicyclic) bond motifs is 3. The van der Waals surface area contributed by atoms with Gasteiger partial charge in [-0.3, -0.25) is 0 Å². The van der Waals surface area contributed by atoms with E-state index in [1.54, 1.807) is 0 Å². The molecule has 0 fully saturated rings. The number of benzene rings is 2. The van der Waals surface area contributed by atoms with Crippen LogP contribution in [-0.2, 0) is 29.2 Å². The second kappa shape index (κ2) is 10.2. The van der Waals surface area contributed by atoms with Crippen molar-refractivity contribution in [2.75, 3.05) is 12.3 Å². The van der Waals surface area contributed by atoms with Crippen LogP contribution in [0.2, 0.25) is 0 Å². The predicted molar refractivity (Wildman–Crippen MR) is 141 cm³/mol. The number of nitrogens with one attached hydrogen (secondary N) is 1. The number of hydrogen-bond acceptors (Lipinski definition) is 6. The minimum absolute atomic E-state index is 0.202. The van der Waals surface area contributed by atoms with Crippen LogP contribution in [0.3, 0.4) is 0 Å². The summed E-state index contributed by atoms with van der Waals surface area (Å²) < 4.78 is 14.1. The molecule has 0 saturated heterocycles. The summed E-state index contributed by atoms with van der Waals surface area (Å²) in [6, 6.07) is 14.0. The Hall–Kier alpha value is -3.17. The number of rotatable bonds is 7. The van der Waals surface area contributed by atoms with Crippen molar-refractivity contribution in [3.63, 3.8) is 0 Å². The fourth-order valence-electron chi connectivity index (χ4n) is 3.82. The number of imidazole rings is 1. The SMILES string of the molecule is CCOCc1nc2c(N)nc3cc(Br)ccc3c2n1Cc1ccc(COC(=O)NC(C)(C)C)cc1. The number of ether oxygens (including phenoxy) is 2. The van der Waals surface area contributed by atoms with E-state index in [9.17, 15) is 4.79 Å². The van der Waals surface area contributed by atoms with Crippen LogP contribution in [0.15, 0.2) is 46.9 Å². The Balaban J connectivity index is 1.64. The topological polar surface area (TPSA) is 104 Å². The number of nitrogens with zero attached hydrogens (tertiary/aromatic N) is 3. The number of nitrogens with two attached hydrogens (primary N) is 1. The number of anilines is 1. The van der Waals surface area contributed by atoms with E-state index in [1.165, 1.54) is 0 Å². The normalized spacial score (nSPS) is 11.8. The monoisotopic (exact) mass is 539 g/mol. The Bertz CT molecular complexity index is 1360. The number of pyridine rings is 1. The van der Waals surface area contributed by atoms with Gasteiger partial charge in [-0.05, 0) is 57.0 Å². The smallest absolute Gasteiger partial charge is 0.407 e. The zero-order valence-electron chi connectivity index (χ0n) is 20.4. The molecule has 0 unspecified atom stereocenters. The van der Waals surface area contributed by atoms with Gasteiger partial charge in [0.2, 0.25) is 0 Å². The van der Waals surface area contributed by atoms with Gasteiger partial charge >= 0.3 is 6.09 Å². The van der Waals surface area contributed by atoms with Crippen molar-refractivity contribution in [3.05, 3.63) is 63.9 Å². The number of aromatic nitrogens is 3. The average molecular weight is 540 g/mol. The van der Waals surface area contributed by atoms with Crippen molar-refractivity contribution in [1.29, 1.82) is 0 Å². The van der Waals surface area contributed by atoms with Gasteiger partial charge in [0, 0.05) is 28.5 Å². The van der Waals surface area contributed by atoms with Crippen molar-refractivity contribution in [2.45, 2.75) is 53.0 Å². The summed E-state index contributed by atoms with van der Waals surface area (Å²) in [4.78, 5) is 21.3. The van der Waals surface area contributed by atoms with Crippen LogP contribution in [0, 0.1) is 0 Å². The van der Waals surface area contributed by atoms with Gasteiger partial charge in [0.1, 0.15) is 24.6 Å². The maximum Gasteiger partial charge on any atom is 0.407 e. The maximum atomic E-state index is 11.9. The molecule has 4 aromatic rings. The molecule has 0 aliphatic carbocycles. The molecule has 2 heterocycles. The minimum Gasteiger partial charge on any atom is -0.445 e. The van der Waals surface area contributed by atoms with E-state index >= 15 is 0 Å². The lowest BCUT2D eigenvalue weighted by Crippen LogP contribution is -2.40. The highest BCUT2D eigenvalue weighted by molar-refractivity contribution is 9.10. The first-order valence-corrected chi connectivity index (χ1v) is 12.3. The fraction of sp³-hybridized carbons (Fsp3) is 0.346. The van der Waals surface area contributed by atoms with Crippen LogP contribution in [0.5, 0.6) is 0 Å². The van der Waals surface area contributed by atoms with Crippen molar-refractivity contribution >= 4 is 49.8 Å². The molecule has 0 bridgehead atoms. The molecule has 8 nitrogen and oxygen atoms in total. The fourth-order valence-corrected chi connectivity index (χ4v) is 4.17. The Kier molecular flexibility index (Phi) is 7.28. The highest BCUT2D eigenvalue weighted by Crippen LogP contribution is 2.31. The van der Waals surface area contributed by atoms with Gasteiger partial charge in [0.25, 0.3) is 0 Å². The van der Waals surface area contributed by atoms with Gasteiger partial charge in [-0.15, -0.1) is 0 Å². The van der Waals surface area contributed by atoms with E-state index in [4.69, 9.17) is 20.2 Å². The van der Waals surface area contributed by atoms with Crippen LogP contribution in [-0.4, -0.2) is 32.8 Å². The molecule has 2 aromatic carbocycles. The molecule has 0 aliphatic heterocycles. The summed E-state index contributed by atoms with van der Waals surface area (Å²) in [5.41, 5.74) is 10.3. The molecule has 0 atom stereocenters. The second-order valence-corrected chi connectivity index (χ2v) is 10.3. The van der Waals surface area contributed by atoms with E-state index in [0.717, 1.165) is 37.8 Å². The van der Waals surface area contributed by atoms with E-state index in [0.29, 0.717) is 31.1 Å². The molecule has 3 N–H and O–H groups in total. The van der Waals surface area contributed by atoms with E-state index in [2.05, 4.69) is 30.8 Å². The Morgan fingerprint density at radius 3 is 2.49 bits per heavy atom. The molecule has 2 aromatic heterocycles. The first kappa shape index (κ1) is 24.9. The lowest BCUT2D eigenvalue weighted by molar-refractivity contribution is 0.126. The molecule has 9 heteroatoms. The highest BCUT2D eigenvalue weighted by Gasteiger charge is 2.18. The number of amides is 1. The maximum absolute atomic E-state index is 11.9. The number of hydrogen-bond donors (Lipinski definition) is 2. The number of nitrogen functional groups attached to an aromatic ring is 1. The lowest BCUT2D eigenvalue weighted by atomic mass is 10.1. The van der Waals surface area contributed by atoms with E-state index in [-0.39, 0.29) is 12.1 Å². The van der Waals surface area contributed by atoms with Crippen LogP contribution < -0.4 is 11.1 Å². The number of carbonyl (C=O) groups excluding carboxylic acids is 1. The molecule has 0 aliphatic rings. The summed E-state index contributed by atoms with van der Waals surface area (Å²) in [7, 11) is 0. The molecular weight excluding hydrogens is 510 g/mol. The van der Waals surface area contributed by atoms with Crippen LogP contribution in [0.25, 0.3) is 21.9 Å². The third kappa shape index (κ3) is 5.91. The molecule has 4 rings (SSSR count). The molecule has 0 radical (unpaired) electrons. The summed E-state index contributed by atoms with van der Waals surface area (Å²) in [5, 5.41) is 3.77. The van der Waals surface area contributed by atoms with Crippen molar-refractivity contribution in [3.8, 4) is 0 Å². The highest BCUT2D eigenvalue weighted by atomic mass is 79.9. The quantitative estimate of drug-likeness (QED) is 0.319. The number of carbonyl (C=O) groups is 1. The zero-order chi connectivity index (χ0) is 25.2. The van der Waals surface area contributed by atoms with Gasteiger partial charge in [0.15, 0.2) is 5.82 Å². The lowest BCUT2D eigenvalue weighted by Gasteiger charge is -2.20. The van der Waals surface area contributed by atoms with Crippen molar-refractivity contribution in [2.24, 2.45) is 0 Å². The standard InChI is InChI=1S/C26H30BrN5O3/c1-5-34-15-21-30-22-23(19-11-10-18(27)12-20(19)29-24(22)28)32(21)13-16-6-8-17(9-7-16)14-35-25(33)31-26(2,3)4/h6-12H,5,13-15H2,1-4H3,(H2,28,29)(H,31,33). The van der Waals surface area contributed by atoms with Crippen LogP contribution >= 0.6 is 15.9 Å². The van der Waals surface area contributed by atoms with Gasteiger partial charge in [-0.1, -0.05) is 40.2 Å². The Morgan fingerprint density at radius 2 is 1.80 bits per heavy atom.